The molecule has 0 fully saturated rings. The number of nitrogens with one attached hydrogen (secondary N) is 1. The maximum Gasteiger partial charge on any atom is 0.152 e. The van der Waals surface area contributed by atoms with Crippen molar-refractivity contribution in [3.8, 4) is 0 Å². The molecule has 7 heteroatoms. The van der Waals surface area contributed by atoms with Crippen LogP contribution in [0, 0.1) is 17.5 Å². The summed E-state index contributed by atoms with van der Waals surface area (Å²) >= 11 is 0. The number of hydrogen-bond donors (Lipinski definition) is 1. The molecule has 0 saturated heterocycles. The molecule has 0 atom stereocenters. The molecule has 18 heavy (non-hydrogen) atoms. The SMILES string of the molecule is CCS(=O)(=O)CCCNc1c(F)cc(F)cc1F. The van der Waals surface area contributed by atoms with Crippen molar-refractivity contribution < 1.29 is 21.6 Å². The quantitative estimate of drug-likeness (QED) is 0.814. The molecule has 1 rings (SSSR count). The van der Waals surface area contributed by atoms with Gasteiger partial charge in [-0.25, -0.2) is 21.6 Å². The van der Waals surface area contributed by atoms with Crippen molar-refractivity contribution in [2.45, 2.75) is 13.3 Å². The molecule has 0 heterocycles. The van der Waals surface area contributed by atoms with E-state index >= 15 is 0 Å². The first-order chi connectivity index (χ1) is 8.35. The lowest BCUT2D eigenvalue weighted by Crippen LogP contribution is -2.14. The smallest absolute Gasteiger partial charge is 0.152 e. The monoisotopic (exact) mass is 281 g/mol. The van der Waals surface area contributed by atoms with Crippen molar-refractivity contribution in [2.75, 3.05) is 23.4 Å². The summed E-state index contributed by atoms with van der Waals surface area (Å²) < 4.78 is 61.3. The Morgan fingerprint density at radius 2 is 1.72 bits per heavy atom. The van der Waals surface area contributed by atoms with Crippen LogP contribution in [0.4, 0.5) is 18.9 Å². The van der Waals surface area contributed by atoms with Gasteiger partial charge in [0, 0.05) is 24.4 Å². The number of benzene rings is 1. The molecule has 0 aromatic heterocycles. The van der Waals surface area contributed by atoms with Crippen LogP contribution < -0.4 is 5.32 Å². The molecular weight excluding hydrogens is 267 g/mol. The van der Waals surface area contributed by atoms with Crippen LogP contribution in [-0.2, 0) is 9.84 Å². The van der Waals surface area contributed by atoms with Crippen LogP contribution in [0.25, 0.3) is 0 Å². The van der Waals surface area contributed by atoms with E-state index in [1.165, 1.54) is 6.92 Å². The van der Waals surface area contributed by atoms with Crippen LogP contribution in [0.15, 0.2) is 12.1 Å². The van der Waals surface area contributed by atoms with Crippen LogP contribution in [0.5, 0.6) is 0 Å². The van der Waals surface area contributed by atoms with Gasteiger partial charge in [-0.05, 0) is 6.42 Å². The highest BCUT2D eigenvalue weighted by Gasteiger charge is 2.11. The van der Waals surface area contributed by atoms with E-state index in [4.69, 9.17) is 0 Å². The Balaban J connectivity index is 2.55. The Bertz CT molecular complexity index is 494. The Labute approximate surface area is 104 Å². The summed E-state index contributed by atoms with van der Waals surface area (Å²) in [5.74, 6) is -3.09. The molecule has 0 saturated carbocycles. The van der Waals surface area contributed by atoms with Crippen molar-refractivity contribution in [3.05, 3.63) is 29.6 Å². The van der Waals surface area contributed by atoms with Gasteiger partial charge < -0.3 is 5.32 Å². The summed E-state index contributed by atoms with van der Waals surface area (Å²) in [5, 5.41) is 2.42. The van der Waals surface area contributed by atoms with Gasteiger partial charge in [0.05, 0.1) is 5.75 Å². The number of rotatable bonds is 6. The van der Waals surface area contributed by atoms with E-state index < -0.39 is 33.0 Å². The predicted octanol–water partition coefficient (Wildman–Crippen LogP) is 2.34. The van der Waals surface area contributed by atoms with Crippen LogP contribution in [0.2, 0.25) is 0 Å². The van der Waals surface area contributed by atoms with Gasteiger partial charge in [0.2, 0.25) is 0 Å². The van der Waals surface area contributed by atoms with Crippen molar-refractivity contribution >= 4 is 15.5 Å². The summed E-state index contributed by atoms with van der Waals surface area (Å²) in [5.41, 5.74) is -0.440. The highest BCUT2D eigenvalue weighted by atomic mass is 32.2. The molecule has 102 valence electrons. The molecule has 3 nitrogen and oxygen atoms in total. The Kier molecular flexibility index (Phi) is 5.01. The average Bonchev–Trinajstić information content (AvgIpc) is 2.26. The summed E-state index contributed by atoms with van der Waals surface area (Å²) in [6, 6.07) is 1.13. The minimum absolute atomic E-state index is 0.0340. The van der Waals surface area contributed by atoms with Crippen molar-refractivity contribution in [3.63, 3.8) is 0 Å². The standard InChI is InChI=1S/C11H14F3NO2S/c1-2-18(16,17)5-3-4-15-11-9(13)6-8(12)7-10(11)14/h6-7,15H,2-5H2,1H3. The van der Waals surface area contributed by atoms with E-state index in [1.807, 2.05) is 0 Å². The van der Waals surface area contributed by atoms with Gasteiger partial charge in [-0.2, -0.15) is 0 Å². The van der Waals surface area contributed by atoms with E-state index in [-0.39, 0.29) is 24.5 Å². The lowest BCUT2D eigenvalue weighted by atomic mass is 10.2. The Morgan fingerprint density at radius 3 is 2.22 bits per heavy atom. The largest absolute Gasteiger partial charge is 0.380 e. The first kappa shape index (κ1) is 14.8. The van der Waals surface area contributed by atoms with E-state index in [1.54, 1.807) is 0 Å². The number of hydrogen-bond acceptors (Lipinski definition) is 3. The first-order valence-corrected chi connectivity index (χ1v) is 7.26. The molecule has 0 radical (unpaired) electrons. The van der Waals surface area contributed by atoms with Crippen molar-refractivity contribution in [1.29, 1.82) is 0 Å². The molecule has 1 aromatic carbocycles. The van der Waals surface area contributed by atoms with Crippen LogP contribution in [0.3, 0.4) is 0 Å². The van der Waals surface area contributed by atoms with Crippen molar-refractivity contribution in [2.24, 2.45) is 0 Å². The van der Waals surface area contributed by atoms with Gasteiger partial charge in [0.25, 0.3) is 0 Å². The lowest BCUT2D eigenvalue weighted by Gasteiger charge is -2.08. The fourth-order valence-electron chi connectivity index (χ4n) is 1.36. The summed E-state index contributed by atoms with van der Waals surface area (Å²) in [4.78, 5) is 0. The van der Waals surface area contributed by atoms with Crippen LogP contribution in [-0.4, -0.2) is 26.5 Å². The number of anilines is 1. The van der Waals surface area contributed by atoms with Gasteiger partial charge in [-0.15, -0.1) is 0 Å². The molecule has 0 amide bonds. The predicted molar refractivity (Wildman–Crippen MR) is 63.8 cm³/mol. The second kappa shape index (κ2) is 6.08. The molecule has 1 aromatic rings. The van der Waals surface area contributed by atoms with E-state index in [0.717, 1.165) is 0 Å². The van der Waals surface area contributed by atoms with Gasteiger partial charge in [0.15, 0.2) is 11.6 Å². The lowest BCUT2D eigenvalue weighted by molar-refractivity contribution is 0.547. The maximum atomic E-state index is 13.2. The molecule has 1 N–H and O–H groups in total. The van der Waals surface area contributed by atoms with Crippen LogP contribution >= 0.6 is 0 Å². The highest BCUT2D eigenvalue weighted by molar-refractivity contribution is 7.91. The molecule has 0 bridgehead atoms. The number of halogens is 3. The molecular formula is C11H14F3NO2S. The zero-order chi connectivity index (χ0) is 13.8. The average molecular weight is 281 g/mol. The van der Waals surface area contributed by atoms with Gasteiger partial charge >= 0.3 is 0 Å². The topological polar surface area (TPSA) is 46.2 Å². The second-order valence-electron chi connectivity index (χ2n) is 3.76. The fraction of sp³-hybridized carbons (Fsp3) is 0.455. The summed E-state index contributed by atoms with van der Waals surface area (Å²) in [6.07, 6.45) is 0.229. The minimum atomic E-state index is -3.09. The van der Waals surface area contributed by atoms with E-state index in [9.17, 15) is 21.6 Å². The Morgan fingerprint density at radius 1 is 1.17 bits per heavy atom. The van der Waals surface area contributed by atoms with E-state index in [0.29, 0.717) is 12.1 Å². The molecule has 0 unspecified atom stereocenters. The van der Waals surface area contributed by atoms with Gasteiger partial charge in [-0.1, -0.05) is 6.92 Å². The van der Waals surface area contributed by atoms with Crippen molar-refractivity contribution in [1.82, 2.24) is 0 Å². The van der Waals surface area contributed by atoms with Gasteiger partial charge in [0.1, 0.15) is 21.3 Å². The molecule has 0 aliphatic rings. The van der Waals surface area contributed by atoms with Crippen LogP contribution in [0.1, 0.15) is 13.3 Å². The minimum Gasteiger partial charge on any atom is -0.380 e. The maximum absolute atomic E-state index is 13.2. The molecule has 0 aliphatic carbocycles. The molecule has 0 spiro atoms. The van der Waals surface area contributed by atoms with E-state index in [2.05, 4.69) is 5.32 Å². The fourth-order valence-corrected chi connectivity index (χ4v) is 2.23. The first-order valence-electron chi connectivity index (χ1n) is 5.44. The zero-order valence-electron chi connectivity index (χ0n) is 9.84. The normalized spacial score (nSPS) is 11.6. The second-order valence-corrected chi connectivity index (χ2v) is 6.23. The third-order valence-electron chi connectivity index (χ3n) is 2.38. The third-order valence-corrected chi connectivity index (χ3v) is 4.17. The molecule has 0 aliphatic heterocycles. The highest BCUT2D eigenvalue weighted by Crippen LogP contribution is 2.19. The van der Waals surface area contributed by atoms with Gasteiger partial charge in [-0.3, -0.25) is 0 Å². The summed E-state index contributed by atoms with van der Waals surface area (Å²) in [7, 11) is -3.09. The zero-order valence-corrected chi connectivity index (χ0v) is 10.7. The number of sulfone groups is 1. The Hall–Kier alpha value is -1.24. The third kappa shape index (κ3) is 4.21. The summed E-state index contributed by atoms with van der Waals surface area (Å²) in [6.45, 7) is 1.63.